The number of methoxy groups -OCH3 is 1. The summed E-state index contributed by atoms with van der Waals surface area (Å²) in [5, 5.41) is 13.0. The number of ether oxygens (including phenoxy) is 2. The highest BCUT2D eigenvalue weighted by Gasteiger charge is 2.55. The molecule has 2 saturated heterocycles. The maximum Gasteiger partial charge on any atom is 0.341 e. The van der Waals surface area contributed by atoms with Gasteiger partial charge in [-0.15, -0.1) is 11.3 Å². The van der Waals surface area contributed by atoms with Crippen LogP contribution >= 0.6 is 11.3 Å². The number of carbonyl (C=O) groups excluding carboxylic acids is 2. The Bertz CT molecular complexity index is 906. The number of hydrogen-bond donors (Lipinski definition) is 2. The van der Waals surface area contributed by atoms with Crippen molar-refractivity contribution in [2.75, 3.05) is 12.4 Å². The van der Waals surface area contributed by atoms with Gasteiger partial charge >= 0.3 is 11.9 Å². The summed E-state index contributed by atoms with van der Waals surface area (Å²) >= 11 is 1.43. The molecule has 2 N–H and O–H groups in total. The Morgan fingerprint density at radius 2 is 1.87 bits per heavy atom. The van der Waals surface area contributed by atoms with Crippen molar-refractivity contribution in [3.05, 3.63) is 16.0 Å². The summed E-state index contributed by atoms with van der Waals surface area (Å²) in [5.41, 5.74) is 1.60. The number of carboxylic acid groups (broad SMARTS) is 1. The minimum Gasteiger partial charge on any atom is -0.481 e. The SMILES string of the molecule is CCC(C)(C)[C@@H]1CCc2c(sc(NC(=O)[C@@H]3[C@@H](C(=O)O)[C@@H]4CC[C@@H]3O4)c2C(=O)OC)C1. The van der Waals surface area contributed by atoms with Crippen molar-refractivity contribution in [3.63, 3.8) is 0 Å². The molecule has 0 aromatic carbocycles. The van der Waals surface area contributed by atoms with E-state index in [-0.39, 0.29) is 17.4 Å². The predicted molar refractivity (Wildman–Crippen MR) is 116 cm³/mol. The van der Waals surface area contributed by atoms with Crippen LogP contribution in [0.4, 0.5) is 5.00 Å². The van der Waals surface area contributed by atoms with Crippen LogP contribution in [0.15, 0.2) is 0 Å². The van der Waals surface area contributed by atoms with Crippen LogP contribution in [0.3, 0.4) is 0 Å². The number of fused-ring (bicyclic) bond motifs is 3. The van der Waals surface area contributed by atoms with Gasteiger partial charge in [0.05, 0.1) is 36.7 Å². The maximum atomic E-state index is 13.2. The molecule has 3 heterocycles. The number of carbonyl (C=O) groups is 3. The van der Waals surface area contributed by atoms with Gasteiger partial charge in [-0.05, 0) is 49.0 Å². The Balaban J connectivity index is 1.62. The summed E-state index contributed by atoms with van der Waals surface area (Å²) in [6.07, 6.45) is 4.27. The van der Waals surface area contributed by atoms with Crippen molar-refractivity contribution in [1.29, 1.82) is 0 Å². The Morgan fingerprint density at radius 1 is 1.19 bits per heavy atom. The maximum absolute atomic E-state index is 13.2. The minimum atomic E-state index is -1.00. The van der Waals surface area contributed by atoms with Crippen molar-refractivity contribution in [1.82, 2.24) is 0 Å². The van der Waals surface area contributed by atoms with Crippen molar-refractivity contribution >= 4 is 34.2 Å². The van der Waals surface area contributed by atoms with E-state index in [1.54, 1.807) is 0 Å². The van der Waals surface area contributed by atoms with Gasteiger partial charge in [-0.3, -0.25) is 9.59 Å². The molecule has 0 radical (unpaired) electrons. The summed E-state index contributed by atoms with van der Waals surface area (Å²) < 4.78 is 10.8. The highest BCUT2D eigenvalue weighted by Crippen LogP contribution is 2.47. The Hall–Kier alpha value is -1.93. The minimum absolute atomic E-state index is 0.200. The fraction of sp³-hybridized carbons (Fsp3) is 0.696. The van der Waals surface area contributed by atoms with Crippen molar-refractivity contribution in [2.24, 2.45) is 23.2 Å². The molecule has 170 valence electrons. The van der Waals surface area contributed by atoms with Crippen LogP contribution in [-0.2, 0) is 31.9 Å². The Kier molecular flexibility index (Phi) is 5.89. The van der Waals surface area contributed by atoms with Crippen molar-refractivity contribution < 1.29 is 29.0 Å². The molecule has 1 amide bonds. The molecule has 8 heteroatoms. The molecule has 0 unspecified atom stereocenters. The number of aliphatic carboxylic acids is 1. The standard InChI is InChI=1S/C23H31NO6S/c1-5-23(2,3)11-6-7-12-15(10-11)31-20(16(12)22(28)29-4)24-19(25)17-13-8-9-14(30-13)18(17)21(26)27/h11,13-14,17-18H,5-10H2,1-4H3,(H,24,25)(H,26,27)/t11-,13+,14+,17+,18+/m1/s1. The molecule has 2 fully saturated rings. The van der Waals surface area contributed by atoms with Gasteiger partial charge in [0.15, 0.2) is 0 Å². The van der Waals surface area contributed by atoms with Gasteiger partial charge in [0, 0.05) is 4.88 Å². The third-order valence-electron chi connectivity index (χ3n) is 7.77. The number of anilines is 1. The van der Waals surface area contributed by atoms with Gasteiger partial charge in [-0.1, -0.05) is 27.2 Å². The Labute approximate surface area is 186 Å². The average Bonchev–Trinajstić information content (AvgIpc) is 3.44. The molecule has 1 aromatic rings. The first kappa shape index (κ1) is 22.3. The first-order valence-corrected chi connectivity index (χ1v) is 11.9. The molecule has 0 spiro atoms. The van der Waals surface area contributed by atoms with Crippen molar-refractivity contribution in [3.8, 4) is 0 Å². The largest absolute Gasteiger partial charge is 0.481 e. The number of esters is 1. The van der Waals surface area contributed by atoms with Gasteiger partial charge in [0.2, 0.25) is 5.91 Å². The van der Waals surface area contributed by atoms with Gasteiger partial charge < -0.3 is 19.9 Å². The molecule has 1 aromatic heterocycles. The van der Waals surface area contributed by atoms with E-state index in [9.17, 15) is 19.5 Å². The fourth-order valence-electron chi connectivity index (χ4n) is 5.47. The van der Waals surface area contributed by atoms with Crippen LogP contribution in [0.1, 0.15) is 67.3 Å². The first-order chi connectivity index (χ1) is 14.7. The first-order valence-electron chi connectivity index (χ1n) is 11.1. The second-order valence-electron chi connectivity index (χ2n) is 9.65. The molecule has 7 nitrogen and oxygen atoms in total. The lowest BCUT2D eigenvalue weighted by atomic mass is 9.69. The van der Waals surface area contributed by atoms with Crippen LogP contribution in [0.2, 0.25) is 0 Å². The normalized spacial score (nSPS) is 29.5. The summed E-state index contributed by atoms with van der Waals surface area (Å²) in [6, 6.07) is 0. The van der Waals surface area contributed by atoms with E-state index in [0.717, 1.165) is 36.1 Å². The van der Waals surface area contributed by atoms with Gasteiger partial charge in [0.1, 0.15) is 5.00 Å². The average molecular weight is 450 g/mol. The predicted octanol–water partition coefficient (Wildman–Crippen LogP) is 3.89. The molecule has 31 heavy (non-hydrogen) atoms. The van der Waals surface area contributed by atoms with E-state index in [2.05, 4.69) is 26.1 Å². The zero-order chi connectivity index (χ0) is 22.5. The second kappa shape index (κ2) is 8.20. The number of hydrogen-bond acceptors (Lipinski definition) is 6. The van der Waals surface area contributed by atoms with E-state index in [4.69, 9.17) is 9.47 Å². The molecule has 1 aliphatic carbocycles. The topological polar surface area (TPSA) is 102 Å². The van der Waals surface area contributed by atoms with E-state index < -0.39 is 29.9 Å². The number of nitrogens with one attached hydrogen (secondary N) is 1. The summed E-state index contributed by atoms with van der Waals surface area (Å²) in [6.45, 7) is 6.76. The van der Waals surface area contributed by atoms with Crippen LogP contribution in [-0.4, -0.2) is 42.3 Å². The highest BCUT2D eigenvalue weighted by atomic mass is 32.1. The fourth-order valence-corrected chi connectivity index (χ4v) is 6.79. The number of carboxylic acids is 1. The molecule has 4 rings (SSSR count). The molecule has 0 saturated carbocycles. The third-order valence-corrected chi connectivity index (χ3v) is 8.94. The molecular weight excluding hydrogens is 418 g/mol. The zero-order valence-corrected chi connectivity index (χ0v) is 19.3. The smallest absolute Gasteiger partial charge is 0.341 e. The molecule has 5 atom stereocenters. The molecular formula is C23H31NO6S. The van der Waals surface area contributed by atoms with Gasteiger partial charge in [-0.2, -0.15) is 0 Å². The lowest BCUT2D eigenvalue weighted by molar-refractivity contribution is -0.147. The third kappa shape index (κ3) is 3.78. The van der Waals surface area contributed by atoms with E-state index in [1.165, 1.54) is 18.4 Å². The summed E-state index contributed by atoms with van der Waals surface area (Å²) in [4.78, 5) is 38.7. The number of amides is 1. The van der Waals surface area contributed by atoms with E-state index in [1.807, 2.05) is 0 Å². The van der Waals surface area contributed by atoms with E-state index >= 15 is 0 Å². The second-order valence-corrected chi connectivity index (χ2v) is 10.8. The highest BCUT2D eigenvalue weighted by molar-refractivity contribution is 7.17. The Morgan fingerprint density at radius 3 is 2.48 bits per heavy atom. The quantitative estimate of drug-likeness (QED) is 0.639. The number of thiophene rings is 1. The summed E-state index contributed by atoms with van der Waals surface area (Å²) in [5.74, 6) is -2.92. The van der Waals surface area contributed by atoms with Crippen LogP contribution < -0.4 is 5.32 Å². The monoisotopic (exact) mass is 449 g/mol. The van der Waals surface area contributed by atoms with Crippen molar-refractivity contribution in [2.45, 2.75) is 71.5 Å². The van der Waals surface area contributed by atoms with E-state index in [0.29, 0.717) is 29.3 Å². The lowest BCUT2D eigenvalue weighted by Crippen LogP contribution is -2.41. The summed E-state index contributed by atoms with van der Waals surface area (Å²) in [7, 11) is 1.34. The van der Waals surface area contributed by atoms with Crippen LogP contribution in [0, 0.1) is 23.2 Å². The van der Waals surface area contributed by atoms with Crippen LogP contribution in [0.25, 0.3) is 0 Å². The lowest BCUT2D eigenvalue weighted by Gasteiger charge is -2.36. The molecule has 2 bridgehead atoms. The molecule has 3 aliphatic rings. The zero-order valence-electron chi connectivity index (χ0n) is 18.5. The van der Waals surface area contributed by atoms with Gasteiger partial charge in [-0.25, -0.2) is 4.79 Å². The van der Waals surface area contributed by atoms with Gasteiger partial charge in [0.25, 0.3) is 0 Å². The van der Waals surface area contributed by atoms with Crippen LogP contribution in [0.5, 0.6) is 0 Å². The number of rotatable bonds is 6. The molecule has 2 aliphatic heterocycles.